The van der Waals surface area contributed by atoms with Gasteiger partial charge in [-0.05, 0) is 36.2 Å². The van der Waals surface area contributed by atoms with Gasteiger partial charge in [0.25, 0.3) is 0 Å². The van der Waals surface area contributed by atoms with E-state index in [4.69, 9.17) is 5.73 Å². The summed E-state index contributed by atoms with van der Waals surface area (Å²) in [6, 6.07) is 7.73. The van der Waals surface area contributed by atoms with E-state index in [1.807, 2.05) is 31.2 Å². The molecule has 0 atom stereocenters. The van der Waals surface area contributed by atoms with Gasteiger partial charge in [-0.15, -0.1) is 5.10 Å². The minimum absolute atomic E-state index is 0.777. The van der Waals surface area contributed by atoms with Gasteiger partial charge in [-0.25, -0.2) is 0 Å². The van der Waals surface area contributed by atoms with Gasteiger partial charge in [0.15, 0.2) is 0 Å². The number of hydrogen-bond acceptors (Lipinski definition) is 4. The van der Waals surface area contributed by atoms with E-state index < -0.39 is 0 Å². The number of nitrogens with zero attached hydrogens (tertiary/aromatic N) is 2. The van der Waals surface area contributed by atoms with Crippen LogP contribution in [0.2, 0.25) is 0 Å². The second-order valence-corrected chi connectivity index (χ2v) is 3.56. The molecule has 2 rings (SSSR count). The summed E-state index contributed by atoms with van der Waals surface area (Å²) in [6.07, 6.45) is 0. The summed E-state index contributed by atoms with van der Waals surface area (Å²) in [5.41, 5.74) is 8.46. The Morgan fingerprint density at radius 2 is 1.92 bits per heavy atom. The molecule has 13 heavy (non-hydrogen) atoms. The van der Waals surface area contributed by atoms with Gasteiger partial charge in [0.2, 0.25) is 0 Å². The van der Waals surface area contributed by atoms with E-state index in [1.54, 1.807) is 0 Å². The maximum atomic E-state index is 5.59. The molecule has 0 aliphatic rings. The first-order valence-corrected chi connectivity index (χ1v) is 4.69. The first-order valence-electron chi connectivity index (χ1n) is 3.92. The van der Waals surface area contributed by atoms with Crippen LogP contribution in [0.4, 0.5) is 5.69 Å². The van der Waals surface area contributed by atoms with Gasteiger partial charge in [0.1, 0.15) is 0 Å². The number of aryl methyl sites for hydroxylation is 1. The summed E-state index contributed by atoms with van der Waals surface area (Å²) in [5.74, 6) is 0. The predicted octanol–water partition coefficient (Wildman–Crippen LogP) is 2.10. The zero-order valence-electron chi connectivity index (χ0n) is 7.19. The molecule has 0 amide bonds. The lowest BCUT2D eigenvalue weighted by Gasteiger charge is -1.97. The van der Waals surface area contributed by atoms with Gasteiger partial charge in [-0.3, -0.25) is 0 Å². The van der Waals surface area contributed by atoms with Crippen molar-refractivity contribution in [2.24, 2.45) is 0 Å². The number of benzene rings is 1. The number of rotatable bonds is 1. The smallest absolute Gasteiger partial charge is 0.0803 e. The zero-order chi connectivity index (χ0) is 9.26. The first-order chi connectivity index (χ1) is 6.27. The van der Waals surface area contributed by atoms with Gasteiger partial charge < -0.3 is 5.73 Å². The summed E-state index contributed by atoms with van der Waals surface area (Å²) in [6.45, 7) is 1.95. The molecule has 3 nitrogen and oxygen atoms in total. The van der Waals surface area contributed by atoms with Crippen LogP contribution in [0, 0.1) is 6.92 Å². The monoisotopic (exact) mass is 191 g/mol. The molecule has 0 unspecified atom stereocenters. The Morgan fingerprint density at radius 1 is 1.23 bits per heavy atom. The molecule has 1 aromatic heterocycles. The van der Waals surface area contributed by atoms with Crippen LogP contribution in [-0.4, -0.2) is 9.59 Å². The molecule has 4 heteroatoms. The van der Waals surface area contributed by atoms with Crippen LogP contribution in [-0.2, 0) is 0 Å². The number of nitrogen functional groups attached to an aromatic ring is 1. The molecular formula is C9H9N3S. The van der Waals surface area contributed by atoms with Gasteiger partial charge >= 0.3 is 0 Å². The normalized spacial score (nSPS) is 10.2. The fourth-order valence-electron chi connectivity index (χ4n) is 1.13. The van der Waals surface area contributed by atoms with E-state index in [0.717, 1.165) is 21.8 Å². The van der Waals surface area contributed by atoms with Crippen molar-refractivity contribution in [3.8, 4) is 10.4 Å². The maximum Gasteiger partial charge on any atom is 0.0803 e. The second-order valence-electron chi connectivity index (χ2n) is 2.81. The molecule has 1 heterocycles. The average Bonchev–Trinajstić information content (AvgIpc) is 2.53. The third-order valence-corrected chi connectivity index (χ3v) is 2.70. The quantitative estimate of drug-likeness (QED) is 0.702. The standard InChI is InChI=1S/C9H9N3S/c1-6-9(13-12-11-6)7-2-4-8(10)5-3-7/h2-5H,10H2,1H3. The van der Waals surface area contributed by atoms with Gasteiger partial charge in [0.05, 0.1) is 10.6 Å². The molecule has 0 saturated carbocycles. The molecule has 1 aromatic carbocycles. The lowest BCUT2D eigenvalue weighted by molar-refractivity contribution is 1.09. The minimum atomic E-state index is 0.777. The van der Waals surface area contributed by atoms with Crippen LogP contribution in [0.1, 0.15) is 5.69 Å². The summed E-state index contributed by atoms with van der Waals surface area (Å²) in [4.78, 5) is 1.11. The molecule has 0 bridgehead atoms. The van der Waals surface area contributed by atoms with E-state index in [2.05, 4.69) is 9.59 Å². The van der Waals surface area contributed by atoms with Crippen LogP contribution in [0.5, 0.6) is 0 Å². The van der Waals surface area contributed by atoms with E-state index in [1.165, 1.54) is 11.5 Å². The molecule has 0 aliphatic carbocycles. The molecule has 0 spiro atoms. The van der Waals surface area contributed by atoms with Crippen molar-refractivity contribution in [2.45, 2.75) is 6.92 Å². The van der Waals surface area contributed by atoms with Crippen molar-refractivity contribution in [2.75, 3.05) is 5.73 Å². The molecular weight excluding hydrogens is 182 g/mol. The predicted molar refractivity (Wildman–Crippen MR) is 54.5 cm³/mol. The lowest BCUT2D eigenvalue weighted by Crippen LogP contribution is -1.83. The zero-order valence-corrected chi connectivity index (χ0v) is 8.01. The number of hydrogen-bond donors (Lipinski definition) is 1. The van der Waals surface area contributed by atoms with E-state index in [-0.39, 0.29) is 0 Å². The fourth-order valence-corrected chi connectivity index (χ4v) is 1.79. The van der Waals surface area contributed by atoms with Gasteiger partial charge in [0, 0.05) is 5.69 Å². The Morgan fingerprint density at radius 3 is 2.46 bits per heavy atom. The Kier molecular flexibility index (Phi) is 1.98. The molecule has 0 aliphatic heterocycles. The topological polar surface area (TPSA) is 51.8 Å². The highest BCUT2D eigenvalue weighted by Crippen LogP contribution is 2.25. The van der Waals surface area contributed by atoms with Crippen molar-refractivity contribution in [3.63, 3.8) is 0 Å². The van der Waals surface area contributed by atoms with Gasteiger partial charge in [-0.2, -0.15) is 0 Å². The summed E-state index contributed by atoms with van der Waals surface area (Å²) >= 11 is 1.41. The van der Waals surface area contributed by atoms with Crippen molar-refractivity contribution in [1.82, 2.24) is 9.59 Å². The largest absolute Gasteiger partial charge is 0.399 e. The van der Waals surface area contributed by atoms with E-state index in [9.17, 15) is 0 Å². The van der Waals surface area contributed by atoms with Crippen molar-refractivity contribution >= 4 is 17.2 Å². The highest BCUT2D eigenvalue weighted by molar-refractivity contribution is 7.09. The van der Waals surface area contributed by atoms with Crippen molar-refractivity contribution < 1.29 is 0 Å². The third kappa shape index (κ3) is 1.53. The van der Waals surface area contributed by atoms with Crippen molar-refractivity contribution in [1.29, 1.82) is 0 Å². The minimum Gasteiger partial charge on any atom is -0.399 e. The molecule has 66 valence electrons. The van der Waals surface area contributed by atoms with Crippen LogP contribution < -0.4 is 5.73 Å². The summed E-state index contributed by atoms with van der Waals surface area (Å²) < 4.78 is 3.88. The first kappa shape index (κ1) is 8.19. The Bertz CT molecular complexity index is 405. The molecule has 0 fully saturated rings. The third-order valence-electron chi connectivity index (χ3n) is 1.82. The second kappa shape index (κ2) is 3.14. The van der Waals surface area contributed by atoms with Crippen molar-refractivity contribution in [3.05, 3.63) is 30.0 Å². The molecule has 2 aromatic rings. The molecule has 0 saturated heterocycles. The van der Waals surface area contributed by atoms with E-state index in [0.29, 0.717) is 0 Å². The Balaban J connectivity index is 2.47. The number of aromatic nitrogens is 2. The Hall–Kier alpha value is -1.42. The van der Waals surface area contributed by atoms with Crippen LogP contribution >= 0.6 is 11.5 Å². The highest BCUT2D eigenvalue weighted by atomic mass is 32.1. The average molecular weight is 191 g/mol. The van der Waals surface area contributed by atoms with Crippen LogP contribution in [0.25, 0.3) is 10.4 Å². The van der Waals surface area contributed by atoms with Crippen LogP contribution in [0.3, 0.4) is 0 Å². The number of nitrogens with two attached hydrogens (primary N) is 1. The number of anilines is 1. The fraction of sp³-hybridized carbons (Fsp3) is 0.111. The Labute approximate surface area is 80.4 Å². The summed E-state index contributed by atoms with van der Waals surface area (Å²) in [5, 5.41) is 3.95. The van der Waals surface area contributed by atoms with Crippen LogP contribution in [0.15, 0.2) is 24.3 Å². The molecule has 0 radical (unpaired) electrons. The summed E-state index contributed by atoms with van der Waals surface area (Å²) in [7, 11) is 0. The lowest BCUT2D eigenvalue weighted by atomic mass is 10.1. The van der Waals surface area contributed by atoms with E-state index >= 15 is 0 Å². The molecule has 2 N–H and O–H groups in total. The van der Waals surface area contributed by atoms with Gasteiger partial charge in [-0.1, -0.05) is 16.6 Å². The SMILES string of the molecule is Cc1nnsc1-c1ccc(N)cc1. The maximum absolute atomic E-state index is 5.59. The highest BCUT2D eigenvalue weighted by Gasteiger charge is 2.04.